The Bertz CT molecular complexity index is 2090. The summed E-state index contributed by atoms with van der Waals surface area (Å²) in [5.41, 5.74) is -1.12. The van der Waals surface area contributed by atoms with Crippen LogP contribution in [0.5, 0.6) is 11.5 Å². The maximum absolute atomic E-state index is 13.4. The van der Waals surface area contributed by atoms with E-state index in [0.29, 0.717) is 11.1 Å². The van der Waals surface area contributed by atoms with Gasteiger partial charge in [-0.1, -0.05) is 41.4 Å². The molecule has 2 aliphatic rings. The highest BCUT2D eigenvalue weighted by atomic mass is 35.5. The van der Waals surface area contributed by atoms with Gasteiger partial charge >= 0.3 is 12.4 Å². The zero-order valence-corrected chi connectivity index (χ0v) is 27.8. The van der Waals surface area contributed by atoms with Crippen LogP contribution in [0.1, 0.15) is 58.9 Å². The molecule has 2 aliphatic heterocycles. The highest BCUT2D eigenvalue weighted by molar-refractivity contribution is 6.32. The molecule has 0 atom stereocenters. The maximum atomic E-state index is 13.4. The fourth-order valence-corrected chi connectivity index (χ4v) is 6.49. The molecule has 1 N–H and O–H groups in total. The molecule has 0 saturated carbocycles. The number of imide groups is 1. The zero-order chi connectivity index (χ0) is 37.0. The van der Waals surface area contributed by atoms with Gasteiger partial charge in [0, 0.05) is 18.8 Å². The van der Waals surface area contributed by atoms with Crippen LogP contribution in [0.2, 0.25) is 10.0 Å². The average Bonchev–Trinajstić information content (AvgIpc) is 3.50. The van der Waals surface area contributed by atoms with Gasteiger partial charge in [0.25, 0.3) is 17.7 Å². The summed E-state index contributed by atoms with van der Waals surface area (Å²) >= 11 is 11.4. The summed E-state index contributed by atoms with van der Waals surface area (Å²) in [6, 6.07) is 13.8. The number of anilines is 1. The molecule has 51 heavy (non-hydrogen) atoms. The Morgan fingerprint density at radius 1 is 0.804 bits per heavy atom. The summed E-state index contributed by atoms with van der Waals surface area (Å²) in [6.45, 7) is 0.0959. The van der Waals surface area contributed by atoms with Crippen molar-refractivity contribution < 1.29 is 50.6 Å². The number of alkyl halides is 6. The van der Waals surface area contributed by atoms with Crippen molar-refractivity contribution in [1.82, 2.24) is 9.80 Å². The topological polar surface area (TPSA) is 90.4 Å². The summed E-state index contributed by atoms with van der Waals surface area (Å²) in [5.74, 6) is -2.30. The molecule has 4 aromatic carbocycles. The monoisotopic (exact) mass is 751 g/mol. The van der Waals surface area contributed by atoms with Gasteiger partial charge in [0.2, 0.25) is 0 Å². The quantitative estimate of drug-likeness (QED) is 0.137. The number of ether oxygens (including phenoxy) is 1. The minimum absolute atomic E-state index is 0.0173. The molecule has 2 heterocycles. The number of carbonyl (C=O) groups is 3. The van der Waals surface area contributed by atoms with Gasteiger partial charge in [-0.2, -0.15) is 26.3 Å². The van der Waals surface area contributed by atoms with Crippen molar-refractivity contribution in [2.75, 3.05) is 25.1 Å². The van der Waals surface area contributed by atoms with E-state index in [-0.39, 0.29) is 65.7 Å². The van der Waals surface area contributed by atoms with E-state index in [1.165, 1.54) is 36.4 Å². The molecule has 0 aromatic heterocycles. The summed E-state index contributed by atoms with van der Waals surface area (Å²) in [5, 5.41) is 9.70. The van der Waals surface area contributed by atoms with Gasteiger partial charge in [-0.05, 0) is 72.3 Å². The molecular weight excluding hydrogens is 727 g/mol. The Kier molecular flexibility index (Phi) is 9.46. The molecule has 0 spiro atoms. The lowest BCUT2D eigenvalue weighted by Crippen LogP contribution is -2.29. The van der Waals surface area contributed by atoms with Gasteiger partial charge in [0.15, 0.2) is 0 Å². The molecule has 0 saturated heterocycles. The molecule has 0 radical (unpaired) electrons. The van der Waals surface area contributed by atoms with E-state index < -0.39 is 57.8 Å². The van der Waals surface area contributed by atoms with Crippen LogP contribution in [0.15, 0.2) is 66.7 Å². The second-order valence-electron chi connectivity index (χ2n) is 12.0. The third-order valence-corrected chi connectivity index (χ3v) is 9.09. The van der Waals surface area contributed by atoms with Crippen LogP contribution in [0, 0.1) is 0 Å². The number of nitrogens with zero attached hydrogens (tertiary/aromatic N) is 3. The van der Waals surface area contributed by atoms with Crippen LogP contribution in [-0.2, 0) is 32.0 Å². The normalized spacial score (nSPS) is 14.5. The third-order valence-electron chi connectivity index (χ3n) is 8.43. The predicted molar refractivity (Wildman–Crippen MR) is 174 cm³/mol. The summed E-state index contributed by atoms with van der Waals surface area (Å²) in [6.07, 6.45) is -9.46. The van der Waals surface area contributed by atoms with E-state index in [1.54, 1.807) is 13.1 Å². The van der Waals surface area contributed by atoms with Crippen LogP contribution >= 0.6 is 23.2 Å². The molecular formula is C35H25Cl2F6N3O5. The van der Waals surface area contributed by atoms with Crippen LogP contribution in [0.3, 0.4) is 0 Å². The zero-order valence-electron chi connectivity index (χ0n) is 26.3. The van der Waals surface area contributed by atoms with Crippen molar-refractivity contribution in [3.63, 3.8) is 0 Å². The van der Waals surface area contributed by atoms with Gasteiger partial charge in [0.05, 0.1) is 51.0 Å². The molecule has 266 valence electrons. The number of amides is 3. The molecule has 0 bridgehead atoms. The number of phenolic OH excluding ortho intramolecular Hbond substituents is 1. The van der Waals surface area contributed by atoms with Crippen molar-refractivity contribution in [2.24, 2.45) is 0 Å². The van der Waals surface area contributed by atoms with Gasteiger partial charge in [-0.25, -0.2) is 0 Å². The van der Waals surface area contributed by atoms with Crippen molar-refractivity contribution in [3.05, 3.63) is 121 Å². The van der Waals surface area contributed by atoms with Gasteiger partial charge in [0.1, 0.15) is 18.1 Å². The van der Waals surface area contributed by atoms with Crippen LogP contribution in [0.25, 0.3) is 0 Å². The van der Waals surface area contributed by atoms with Crippen molar-refractivity contribution in [1.29, 1.82) is 0 Å². The van der Waals surface area contributed by atoms with E-state index in [9.17, 15) is 45.8 Å². The molecule has 0 aliphatic carbocycles. The second kappa shape index (κ2) is 13.4. The Labute approximate surface area is 296 Å². The standard InChI is InChI=1S/C35H25Cl2F6N3O5/c1-44(15-19-11-20-17-45(32(49)29(20)27(47)13-19)21-6-8-26(37)24(14-21)35(41,42)43)9-10-51-28-4-2-3-22-30(28)33(50)46(31(22)48)16-18-5-7-25(36)23(12-18)34(38,39)40/h2-8,11-14,47H,9-10,15-17H2,1H3. The van der Waals surface area contributed by atoms with E-state index in [4.69, 9.17) is 27.9 Å². The number of halogens is 8. The molecule has 0 fully saturated rings. The minimum atomic E-state index is -4.73. The lowest BCUT2D eigenvalue weighted by Gasteiger charge is -2.18. The van der Waals surface area contributed by atoms with Gasteiger partial charge in [-0.15, -0.1) is 0 Å². The maximum Gasteiger partial charge on any atom is 0.417 e. The van der Waals surface area contributed by atoms with E-state index in [0.717, 1.165) is 34.1 Å². The fourth-order valence-electron chi connectivity index (χ4n) is 6.04. The van der Waals surface area contributed by atoms with E-state index >= 15 is 0 Å². The number of fused-ring (bicyclic) bond motifs is 2. The lowest BCUT2D eigenvalue weighted by atomic mass is 10.0. The first-order chi connectivity index (χ1) is 23.9. The Morgan fingerprint density at radius 3 is 2.16 bits per heavy atom. The first-order valence-corrected chi connectivity index (χ1v) is 15.9. The highest BCUT2D eigenvalue weighted by Gasteiger charge is 2.40. The second-order valence-corrected chi connectivity index (χ2v) is 12.8. The molecule has 0 unspecified atom stereocenters. The molecule has 8 nitrogen and oxygen atoms in total. The number of phenols is 1. The number of likely N-dealkylation sites (N-methyl/N-ethyl adjacent to an activating group) is 1. The van der Waals surface area contributed by atoms with Gasteiger partial charge in [-0.3, -0.25) is 24.2 Å². The SMILES string of the molecule is CN(CCOc1cccc2c1C(=O)N(Cc1ccc(Cl)c(C(F)(F)F)c1)C2=O)Cc1cc(O)c2c(c1)CN(c1ccc(Cl)c(C(F)(F)F)c1)C2=O. The third kappa shape index (κ3) is 7.08. The number of benzene rings is 4. The van der Waals surface area contributed by atoms with Crippen molar-refractivity contribution in [2.45, 2.75) is 32.0 Å². The smallest absolute Gasteiger partial charge is 0.417 e. The first-order valence-electron chi connectivity index (χ1n) is 15.1. The number of carbonyl (C=O) groups excluding carboxylic acids is 3. The summed E-state index contributed by atoms with van der Waals surface area (Å²) in [4.78, 5) is 43.3. The minimum Gasteiger partial charge on any atom is -0.507 e. The lowest BCUT2D eigenvalue weighted by molar-refractivity contribution is -0.138. The fraction of sp³-hybridized carbons (Fsp3) is 0.229. The number of aromatic hydroxyl groups is 1. The summed E-state index contributed by atoms with van der Waals surface area (Å²) in [7, 11) is 1.74. The first kappa shape index (κ1) is 36.0. The number of rotatable bonds is 9. The number of hydrogen-bond donors (Lipinski definition) is 1. The Balaban J connectivity index is 1.10. The van der Waals surface area contributed by atoms with Crippen molar-refractivity contribution in [3.8, 4) is 11.5 Å². The largest absolute Gasteiger partial charge is 0.507 e. The van der Waals surface area contributed by atoms with E-state index in [1.807, 2.05) is 4.90 Å². The number of hydrogen-bond acceptors (Lipinski definition) is 6. The van der Waals surface area contributed by atoms with Gasteiger partial charge < -0.3 is 14.7 Å². The summed E-state index contributed by atoms with van der Waals surface area (Å²) < 4.78 is 86.2. The predicted octanol–water partition coefficient (Wildman–Crippen LogP) is 8.20. The van der Waals surface area contributed by atoms with Crippen molar-refractivity contribution >= 4 is 46.6 Å². The molecule has 16 heteroatoms. The van der Waals surface area contributed by atoms with E-state index in [2.05, 4.69) is 0 Å². The van der Waals surface area contributed by atoms with Crippen LogP contribution < -0.4 is 9.64 Å². The highest BCUT2D eigenvalue weighted by Crippen LogP contribution is 2.41. The average molecular weight is 752 g/mol. The van der Waals surface area contributed by atoms with Crippen LogP contribution in [0.4, 0.5) is 32.0 Å². The molecule has 3 amide bonds. The Hall–Kier alpha value is -4.79. The molecule has 4 aromatic rings. The van der Waals surface area contributed by atoms with Crippen LogP contribution in [-0.4, -0.2) is 52.8 Å². The molecule has 6 rings (SSSR count). The Morgan fingerprint density at radius 2 is 1.47 bits per heavy atom.